The van der Waals surface area contributed by atoms with Crippen molar-refractivity contribution in [2.45, 2.75) is 32.2 Å². The number of hydrogen-bond acceptors (Lipinski definition) is 4. The van der Waals surface area contributed by atoms with Gasteiger partial charge in [-0.25, -0.2) is 4.98 Å². The van der Waals surface area contributed by atoms with Crippen molar-refractivity contribution in [3.8, 4) is 0 Å². The van der Waals surface area contributed by atoms with E-state index in [9.17, 15) is 0 Å². The highest BCUT2D eigenvalue weighted by molar-refractivity contribution is 6.29. The van der Waals surface area contributed by atoms with Crippen LogP contribution in [0.3, 0.4) is 0 Å². The molecule has 0 bridgehead atoms. The SMILES string of the molecule is CCn1cc(C2CCN(c3cncc(Cl)n3)CC2)cn1. The van der Waals surface area contributed by atoms with E-state index in [1.165, 1.54) is 5.56 Å². The molecule has 0 amide bonds. The van der Waals surface area contributed by atoms with Crippen LogP contribution in [-0.4, -0.2) is 32.8 Å². The van der Waals surface area contributed by atoms with Gasteiger partial charge in [0.1, 0.15) is 11.0 Å². The van der Waals surface area contributed by atoms with Crippen molar-refractivity contribution in [3.63, 3.8) is 0 Å². The summed E-state index contributed by atoms with van der Waals surface area (Å²) >= 11 is 5.90. The van der Waals surface area contributed by atoms with Crippen LogP contribution in [0.15, 0.2) is 24.8 Å². The van der Waals surface area contributed by atoms with Crippen LogP contribution in [0.25, 0.3) is 0 Å². The Labute approximate surface area is 123 Å². The molecule has 0 aromatic carbocycles. The van der Waals surface area contributed by atoms with Crippen molar-refractivity contribution in [2.75, 3.05) is 18.0 Å². The second-order valence-electron chi connectivity index (χ2n) is 5.09. The zero-order chi connectivity index (χ0) is 13.9. The summed E-state index contributed by atoms with van der Waals surface area (Å²) in [5.74, 6) is 1.47. The van der Waals surface area contributed by atoms with Crippen molar-refractivity contribution < 1.29 is 0 Å². The first-order valence-corrected chi connectivity index (χ1v) is 7.39. The highest BCUT2D eigenvalue weighted by Crippen LogP contribution is 2.29. The second-order valence-corrected chi connectivity index (χ2v) is 5.48. The molecule has 0 N–H and O–H groups in total. The summed E-state index contributed by atoms with van der Waals surface area (Å²) in [7, 11) is 0. The highest BCUT2D eigenvalue weighted by Gasteiger charge is 2.22. The molecule has 2 aromatic heterocycles. The minimum Gasteiger partial charge on any atom is -0.355 e. The molecule has 106 valence electrons. The number of anilines is 1. The second kappa shape index (κ2) is 5.79. The van der Waals surface area contributed by atoms with Crippen molar-refractivity contribution in [1.29, 1.82) is 0 Å². The van der Waals surface area contributed by atoms with Gasteiger partial charge in [-0.3, -0.25) is 9.67 Å². The molecule has 1 aliphatic rings. The maximum absolute atomic E-state index is 5.90. The van der Waals surface area contributed by atoms with E-state index in [-0.39, 0.29) is 0 Å². The lowest BCUT2D eigenvalue weighted by Gasteiger charge is -2.32. The van der Waals surface area contributed by atoms with Gasteiger partial charge in [0.25, 0.3) is 0 Å². The summed E-state index contributed by atoms with van der Waals surface area (Å²) < 4.78 is 1.99. The number of aromatic nitrogens is 4. The number of piperidine rings is 1. The van der Waals surface area contributed by atoms with Crippen LogP contribution in [0.5, 0.6) is 0 Å². The average Bonchev–Trinajstić information content (AvgIpc) is 2.96. The lowest BCUT2D eigenvalue weighted by Crippen LogP contribution is -2.33. The first kappa shape index (κ1) is 13.4. The van der Waals surface area contributed by atoms with E-state index in [0.29, 0.717) is 11.1 Å². The number of hydrogen-bond donors (Lipinski definition) is 0. The van der Waals surface area contributed by atoms with Gasteiger partial charge in [-0.1, -0.05) is 11.6 Å². The van der Waals surface area contributed by atoms with Crippen LogP contribution in [0.1, 0.15) is 31.2 Å². The van der Waals surface area contributed by atoms with Crippen LogP contribution in [-0.2, 0) is 6.54 Å². The van der Waals surface area contributed by atoms with Crippen LogP contribution in [0.4, 0.5) is 5.82 Å². The minimum atomic E-state index is 0.453. The molecule has 3 heterocycles. The van der Waals surface area contributed by atoms with E-state index in [1.807, 2.05) is 10.9 Å². The largest absolute Gasteiger partial charge is 0.355 e. The zero-order valence-corrected chi connectivity index (χ0v) is 12.3. The Balaban J connectivity index is 1.64. The molecule has 1 fully saturated rings. The predicted molar refractivity (Wildman–Crippen MR) is 79.1 cm³/mol. The molecular formula is C14H18ClN5. The third-order valence-electron chi connectivity index (χ3n) is 3.86. The van der Waals surface area contributed by atoms with Gasteiger partial charge in [0.2, 0.25) is 0 Å². The van der Waals surface area contributed by atoms with Crippen molar-refractivity contribution in [2.24, 2.45) is 0 Å². The summed E-state index contributed by atoms with van der Waals surface area (Å²) in [6, 6.07) is 0. The number of nitrogens with zero attached hydrogens (tertiary/aromatic N) is 5. The fourth-order valence-corrected chi connectivity index (χ4v) is 2.83. The molecule has 5 nitrogen and oxygen atoms in total. The van der Waals surface area contributed by atoms with Crippen LogP contribution in [0, 0.1) is 0 Å². The quantitative estimate of drug-likeness (QED) is 0.872. The summed E-state index contributed by atoms with van der Waals surface area (Å²) in [4.78, 5) is 10.7. The number of rotatable bonds is 3. The smallest absolute Gasteiger partial charge is 0.149 e. The van der Waals surface area contributed by atoms with Gasteiger partial charge in [-0.15, -0.1) is 0 Å². The van der Waals surface area contributed by atoms with Gasteiger partial charge in [0, 0.05) is 25.8 Å². The molecule has 1 saturated heterocycles. The predicted octanol–water partition coefficient (Wildman–Crippen LogP) is 2.73. The zero-order valence-electron chi connectivity index (χ0n) is 11.5. The molecule has 2 aromatic rings. The lowest BCUT2D eigenvalue weighted by atomic mass is 9.91. The fraction of sp³-hybridized carbons (Fsp3) is 0.500. The van der Waals surface area contributed by atoms with Gasteiger partial charge < -0.3 is 4.90 Å². The van der Waals surface area contributed by atoms with Crippen LogP contribution >= 0.6 is 11.6 Å². The Kier molecular flexibility index (Phi) is 3.87. The summed E-state index contributed by atoms with van der Waals surface area (Å²) in [6.07, 6.45) is 9.74. The van der Waals surface area contributed by atoms with E-state index in [0.717, 1.165) is 38.3 Å². The third-order valence-corrected chi connectivity index (χ3v) is 4.04. The molecule has 0 atom stereocenters. The first-order valence-electron chi connectivity index (χ1n) is 7.01. The fourth-order valence-electron chi connectivity index (χ4n) is 2.69. The summed E-state index contributed by atoms with van der Waals surface area (Å²) in [5.41, 5.74) is 1.35. The van der Waals surface area contributed by atoms with Gasteiger partial charge in [-0.2, -0.15) is 5.10 Å². The molecule has 1 aliphatic heterocycles. The normalized spacial score (nSPS) is 16.6. The Bertz CT molecular complexity index is 574. The van der Waals surface area contributed by atoms with E-state index < -0.39 is 0 Å². The Morgan fingerprint density at radius 2 is 2.05 bits per heavy atom. The van der Waals surface area contributed by atoms with Crippen LogP contribution in [0.2, 0.25) is 5.15 Å². The Morgan fingerprint density at radius 3 is 2.70 bits per heavy atom. The van der Waals surface area contributed by atoms with Gasteiger partial charge in [0.15, 0.2) is 0 Å². The molecule has 20 heavy (non-hydrogen) atoms. The Morgan fingerprint density at radius 1 is 1.25 bits per heavy atom. The van der Waals surface area contributed by atoms with Crippen LogP contribution < -0.4 is 4.90 Å². The molecule has 0 unspecified atom stereocenters. The van der Waals surface area contributed by atoms with Crippen molar-refractivity contribution in [1.82, 2.24) is 19.7 Å². The molecule has 6 heteroatoms. The molecule has 0 aliphatic carbocycles. The standard InChI is InChI=1S/C14H18ClN5/c1-2-20-10-12(7-17-20)11-3-5-19(6-4-11)14-9-16-8-13(15)18-14/h7-11H,2-6H2,1H3. The summed E-state index contributed by atoms with van der Waals surface area (Å²) in [5, 5.41) is 4.81. The van der Waals surface area contributed by atoms with Gasteiger partial charge in [-0.05, 0) is 31.2 Å². The Hall–Kier alpha value is -1.62. The topological polar surface area (TPSA) is 46.8 Å². The molecular weight excluding hydrogens is 274 g/mol. The maximum Gasteiger partial charge on any atom is 0.149 e. The highest BCUT2D eigenvalue weighted by atomic mass is 35.5. The molecule has 0 spiro atoms. The van der Waals surface area contributed by atoms with Crippen molar-refractivity contribution >= 4 is 17.4 Å². The van der Waals surface area contributed by atoms with Crippen molar-refractivity contribution in [3.05, 3.63) is 35.5 Å². The van der Waals surface area contributed by atoms with E-state index in [1.54, 1.807) is 12.4 Å². The first-order chi connectivity index (χ1) is 9.76. The van der Waals surface area contributed by atoms with Gasteiger partial charge >= 0.3 is 0 Å². The monoisotopic (exact) mass is 291 g/mol. The number of aryl methyl sites for hydroxylation is 1. The lowest BCUT2D eigenvalue weighted by molar-refractivity contribution is 0.501. The third kappa shape index (κ3) is 2.77. The van der Waals surface area contributed by atoms with E-state index >= 15 is 0 Å². The molecule has 0 saturated carbocycles. The minimum absolute atomic E-state index is 0.453. The van der Waals surface area contributed by atoms with Gasteiger partial charge in [0.05, 0.1) is 18.6 Å². The molecule has 3 rings (SSSR count). The van der Waals surface area contributed by atoms with E-state index in [2.05, 4.69) is 33.1 Å². The molecule has 0 radical (unpaired) electrons. The summed E-state index contributed by atoms with van der Waals surface area (Å²) in [6.45, 7) is 5.00. The maximum atomic E-state index is 5.90. The number of halogens is 1. The average molecular weight is 292 g/mol. The van der Waals surface area contributed by atoms with E-state index in [4.69, 9.17) is 11.6 Å².